The van der Waals surface area contributed by atoms with Gasteiger partial charge < -0.3 is 10.0 Å². The fourth-order valence-corrected chi connectivity index (χ4v) is 1.91. The normalized spacial score (nSPS) is 13.4. The zero-order valence-corrected chi connectivity index (χ0v) is 11.5. The summed E-state index contributed by atoms with van der Waals surface area (Å²) in [5.41, 5.74) is -0.332. The van der Waals surface area contributed by atoms with Crippen molar-refractivity contribution in [2.45, 2.75) is 33.1 Å². The summed E-state index contributed by atoms with van der Waals surface area (Å²) in [6.45, 7) is 4.20. The molecule has 0 aromatic heterocycles. The van der Waals surface area contributed by atoms with E-state index in [-0.39, 0.29) is 5.56 Å². The van der Waals surface area contributed by atoms with Crippen LogP contribution < -0.4 is 4.90 Å². The Labute approximate surface area is 111 Å². The smallest absolute Gasteiger partial charge is 0.392 e. The van der Waals surface area contributed by atoms with Gasteiger partial charge in [-0.05, 0) is 23.6 Å². The van der Waals surface area contributed by atoms with Crippen molar-refractivity contribution in [1.29, 1.82) is 0 Å². The summed E-state index contributed by atoms with van der Waals surface area (Å²) in [6.07, 6.45) is -3.46. The number of nitrogens with zero attached hydrogens (tertiary/aromatic N) is 1. The molecule has 1 aromatic carbocycles. The molecule has 0 amide bonds. The number of benzene rings is 1. The molecule has 1 aromatic rings. The molecule has 19 heavy (non-hydrogen) atoms. The van der Waals surface area contributed by atoms with E-state index in [0.29, 0.717) is 18.2 Å². The molecule has 0 saturated heterocycles. The summed E-state index contributed by atoms with van der Waals surface area (Å²) in [4.78, 5) is 1.81. The maximum atomic E-state index is 12.9. The second-order valence-corrected chi connectivity index (χ2v) is 4.89. The van der Waals surface area contributed by atoms with Crippen LogP contribution in [0.3, 0.4) is 0 Å². The van der Waals surface area contributed by atoms with Gasteiger partial charge in [-0.25, -0.2) is 0 Å². The third-order valence-corrected chi connectivity index (χ3v) is 3.29. The Kier molecular flexibility index (Phi) is 5.23. The molecule has 1 unspecified atom stereocenters. The van der Waals surface area contributed by atoms with E-state index in [1.165, 1.54) is 6.07 Å². The van der Waals surface area contributed by atoms with Gasteiger partial charge in [0, 0.05) is 19.3 Å². The van der Waals surface area contributed by atoms with Crippen LogP contribution in [0.25, 0.3) is 0 Å². The van der Waals surface area contributed by atoms with Crippen molar-refractivity contribution in [3.63, 3.8) is 0 Å². The van der Waals surface area contributed by atoms with Gasteiger partial charge in [-0.3, -0.25) is 0 Å². The zero-order valence-electron chi connectivity index (χ0n) is 11.5. The molecule has 0 radical (unpaired) electrons. The van der Waals surface area contributed by atoms with Gasteiger partial charge in [0.25, 0.3) is 0 Å². The first kappa shape index (κ1) is 15.8. The van der Waals surface area contributed by atoms with Gasteiger partial charge in [0.2, 0.25) is 0 Å². The Morgan fingerprint density at radius 3 is 2.42 bits per heavy atom. The van der Waals surface area contributed by atoms with Gasteiger partial charge in [-0.1, -0.05) is 26.3 Å². The molecule has 2 nitrogen and oxygen atoms in total. The lowest BCUT2D eigenvalue weighted by Gasteiger charge is -2.24. The third-order valence-electron chi connectivity index (χ3n) is 3.29. The van der Waals surface area contributed by atoms with Crippen LogP contribution in [0.1, 0.15) is 31.4 Å². The fraction of sp³-hybridized carbons (Fsp3) is 0.571. The van der Waals surface area contributed by atoms with Crippen LogP contribution in [-0.2, 0) is 12.8 Å². The van der Waals surface area contributed by atoms with Crippen molar-refractivity contribution in [2.75, 3.05) is 18.5 Å². The van der Waals surface area contributed by atoms with Gasteiger partial charge >= 0.3 is 6.18 Å². The van der Waals surface area contributed by atoms with Crippen molar-refractivity contribution in [3.8, 4) is 0 Å². The zero-order chi connectivity index (χ0) is 14.6. The Balaban J connectivity index is 3.04. The number of aliphatic hydroxyl groups excluding tert-OH is 1. The molecule has 1 atom stereocenters. The first-order chi connectivity index (χ1) is 8.79. The molecule has 1 rings (SSSR count). The topological polar surface area (TPSA) is 23.5 Å². The van der Waals surface area contributed by atoms with Crippen molar-refractivity contribution >= 4 is 5.69 Å². The van der Waals surface area contributed by atoms with Gasteiger partial charge in [-0.2, -0.15) is 13.2 Å². The molecule has 0 saturated carbocycles. The number of aliphatic hydroxyl groups is 1. The van der Waals surface area contributed by atoms with E-state index < -0.39 is 18.3 Å². The number of anilines is 1. The standard InChI is InChI=1S/C14H20F3NO/c1-4-10(2)8-18(3)12-6-5-11(9-19)13(7-12)14(15,16)17/h5-7,10,19H,4,8-9H2,1-3H3. The number of hydrogen-bond donors (Lipinski definition) is 1. The van der Waals surface area contributed by atoms with Gasteiger partial charge in [-0.15, -0.1) is 0 Å². The van der Waals surface area contributed by atoms with Crippen molar-refractivity contribution in [2.24, 2.45) is 5.92 Å². The van der Waals surface area contributed by atoms with Crippen LogP contribution in [0.15, 0.2) is 18.2 Å². The number of alkyl halides is 3. The number of rotatable bonds is 5. The second kappa shape index (κ2) is 6.28. The first-order valence-electron chi connectivity index (χ1n) is 6.31. The van der Waals surface area contributed by atoms with Crippen LogP contribution in [0, 0.1) is 5.92 Å². The van der Waals surface area contributed by atoms with Gasteiger partial charge in [0.05, 0.1) is 12.2 Å². The lowest BCUT2D eigenvalue weighted by Crippen LogP contribution is -2.24. The summed E-state index contributed by atoms with van der Waals surface area (Å²) < 4.78 is 38.6. The molecule has 0 bridgehead atoms. The molecule has 0 heterocycles. The van der Waals surface area contributed by atoms with E-state index in [0.717, 1.165) is 12.5 Å². The van der Waals surface area contributed by atoms with E-state index in [2.05, 4.69) is 13.8 Å². The predicted molar refractivity (Wildman–Crippen MR) is 70.1 cm³/mol. The maximum absolute atomic E-state index is 12.9. The average Bonchev–Trinajstić information content (AvgIpc) is 2.36. The van der Waals surface area contributed by atoms with Crippen LogP contribution in [0.5, 0.6) is 0 Å². The number of hydrogen-bond acceptors (Lipinski definition) is 2. The van der Waals surface area contributed by atoms with Crippen LogP contribution in [-0.4, -0.2) is 18.7 Å². The molecule has 108 valence electrons. The molecule has 1 N–H and O–H groups in total. The second-order valence-electron chi connectivity index (χ2n) is 4.89. The largest absolute Gasteiger partial charge is 0.416 e. The molecule has 0 fully saturated rings. The summed E-state index contributed by atoms with van der Waals surface area (Å²) in [6, 6.07) is 4.06. The van der Waals surface area contributed by atoms with Crippen LogP contribution in [0.2, 0.25) is 0 Å². The minimum Gasteiger partial charge on any atom is -0.392 e. The van der Waals surface area contributed by atoms with Crippen molar-refractivity contribution in [1.82, 2.24) is 0 Å². The van der Waals surface area contributed by atoms with Gasteiger partial charge in [0.15, 0.2) is 0 Å². The highest BCUT2D eigenvalue weighted by molar-refractivity contribution is 5.51. The summed E-state index contributed by atoms with van der Waals surface area (Å²) in [5.74, 6) is 0.414. The third kappa shape index (κ3) is 4.13. The van der Waals surface area contributed by atoms with Crippen molar-refractivity contribution < 1.29 is 18.3 Å². The average molecular weight is 275 g/mol. The Morgan fingerprint density at radius 1 is 1.32 bits per heavy atom. The molecule has 0 aliphatic heterocycles. The molecular formula is C14H20F3NO. The predicted octanol–water partition coefficient (Wildman–Crippen LogP) is 3.68. The van der Waals surface area contributed by atoms with E-state index in [9.17, 15) is 13.2 Å². The van der Waals surface area contributed by atoms with E-state index >= 15 is 0 Å². The molecular weight excluding hydrogens is 255 g/mol. The highest BCUT2D eigenvalue weighted by Crippen LogP contribution is 2.34. The first-order valence-corrected chi connectivity index (χ1v) is 6.31. The van der Waals surface area contributed by atoms with Crippen molar-refractivity contribution in [3.05, 3.63) is 29.3 Å². The van der Waals surface area contributed by atoms with E-state index in [1.54, 1.807) is 13.1 Å². The highest BCUT2D eigenvalue weighted by atomic mass is 19.4. The Bertz CT molecular complexity index is 418. The number of halogens is 3. The Hall–Kier alpha value is -1.23. The monoisotopic (exact) mass is 275 g/mol. The quantitative estimate of drug-likeness (QED) is 0.886. The SMILES string of the molecule is CCC(C)CN(C)c1ccc(CO)c(C(F)(F)F)c1. The summed E-state index contributed by atoms with van der Waals surface area (Å²) in [5, 5.41) is 8.98. The minimum absolute atomic E-state index is 0.0896. The summed E-state index contributed by atoms with van der Waals surface area (Å²) >= 11 is 0. The van der Waals surface area contributed by atoms with Crippen LogP contribution in [0.4, 0.5) is 18.9 Å². The molecule has 0 aliphatic carbocycles. The molecule has 5 heteroatoms. The highest BCUT2D eigenvalue weighted by Gasteiger charge is 2.33. The van der Waals surface area contributed by atoms with Crippen LogP contribution >= 0.6 is 0 Å². The maximum Gasteiger partial charge on any atom is 0.416 e. The fourth-order valence-electron chi connectivity index (χ4n) is 1.91. The van der Waals surface area contributed by atoms with E-state index in [4.69, 9.17) is 5.11 Å². The van der Waals surface area contributed by atoms with E-state index in [1.807, 2.05) is 4.90 Å². The minimum atomic E-state index is -4.44. The Morgan fingerprint density at radius 2 is 1.95 bits per heavy atom. The lowest BCUT2D eigenvalue weighted by atomic mass is 10.0. The van der Waals surface area contributed by atoms with Gasteiger partial charge in [0.1, 0.15) is 0 Å². The molecule has 0 spiro atoms. The summed E-state index contributed by atoms with van der Waals surface area (Å²) in [7, 11) is 1.78. The molecule has 0 aliphatic rings. The lowest BCUT2D eigenvalue weighted by molar-refractivity contribution is -0.138.